The molecule has 0 saturated carbocycles. The van der Waals surface area contributed by atoms with Crippen molar-refractivity contribution in [3.05, 3.63) is 47.3 Å². The Morgan fingerprint density at radius 3 is 2.59 bits per heavy atom. The first kappa shape index (κ1) is 26.6. The maximum absolute atomic E-state index is 12.9. The minimum atomic E-state index is -3.45. The number of benzene rings is 1. The second-order valence-electron chi connectivity index (χ2n) is 8.03. The number of sulfonamides is 1. The molecule has 178 valence electrons. The molecule has 1 aliphatic heterocycles. The lowest BCUT2D eigenvalue weighted by atomic mass is 10.1. The van der Waals surface area contributed by atoms with Crippen LogP contribution in [0.5, 0.6) is 0 Å². The monoisotopic (exact) mass is 575 g/mol. The van der Waals surface area contributed by atoms with Gasteiger partial charge >= 0.3 is 0 Å². The molecule has 2 aromatic rings. The Kier molecular flexibility index (Phi) is 10.4. The maximum Gasteiger partial charge on any atom is 0.243 e. The van der Waals surface area contributed by atoms with Gasteiger partial charge < -0.3 is 15.2 Å². The minimum Gasteiger partial charge on any atom is -0.359 e. The van der Waals surface area contributed by atoms with Crippen LogP contribution in [0.1, 0.15) is 63.0 Å². The number of hydrogen-bond acceptors (Lipinski definition) is 5. The molecule has 1 aromatic heterocycles. The van der Waals surface area contributed by atoms with Crippen molar-refractivity contribution in [2.24, 2.45) is 4.99 Å². The molecule has 8 nitrogen and oxygen atoms in total. The van der Waals surface area contributed by atoms with Crippen molar-refractivity contribution in [1.82, 2.24) is 20.1 Å². The minimum absolute atomic E-state index is 0. The summed E-state index contributed by atoms with van der Waals surface area (Å²) in [5.74, 6) is 1.69. The van der Waals surface area contributed by atoms with Crippen LogP contribution >= 0.6 is 24.0 Å². The number of aromatic nitrogens is 1. The van der Waals surface area contributed by atoms with E-state index in [1.165, 1.54) is 0 Å². The summed E-state index contributed by atoms with van der Waals surface area (Å²) in [5.41, 5.74) is 1.77. The Labute approximate surface area is 208 Å². The van der Waals surface area contributed by atoms with E-state index < -0.39 is 10.0 Å². The quantitative estimate of drug-likeness (QED) is 0.282. The van der Waals surface area contributed by atoms with Gasteiger partial charge in [0.05, 0.1) is 23.7 Å². The molecule has 3 rings (SSSR count). The van der Waals surface area contributed by atoms with E-state index in [1.807, 2.05) is 19.1 Å². The summed E-state index contributed by atoms with van der Waals surface area (Å²) >= 11 is 0. The summed E-state index contributed by atoms with van der Waals surface area (Å²) in [6.45, 7) is 8.87. The van der Waals surface area contributed by atoms with E-state index in [1.54, 1.807) is 22.5 Å². The summed E-state index contributed by atoms with van der Waals surface area (Å²) < 4.78 is 32.8. The second-order valence-corrected chi connectivity index (χ2v) is 9.97. The third-order valence-corrected chi connectivity index (χ3v) is 7.11. The Hall–Kier alpha value is -1.66. The zero-order valence-electron chi connectivity index (χ0n) is 19.0. The second kappa shape index (κ2) is 12.5. The van der Waals surface area contributed by atoms with E-state index in [9.17, 15) is 8.42 Å². The Balaban J connectivity index is 0.00000363. The number of rotatable bonds is 8. The smallest absolute Gasteiger partial charge is 0.243 e. The molecular formula is C22H34IN5O3S. The summed E-state index contributed by atoms with van der Waals surface area (Å²) in [6.07, 6.45) is 2.93. The predicted octanol–water partition coefficient (Wildman–Crippen LogP) is 3.85. The maximum atomic E-state index is 12.9. The van der Waals surface area contributed by atoms with Gasteiger partial charge in [0.15, 0.2) is 11.7 Å². The van der Waals surface area contributed by atoms with Crippen molar-refractivity contribution in [3.8, 4) is 0 Å². The molecule has 2 N–H and O–H groups in total. The van der Waals surface area contributed by atoms with Crippen LogP contribution in [-0.2, 0) is 23.1 Å². The molecule has 1 saturated heterocycles. The highest BCUT2D eigenvalue weighted by molar-refractivity contribution is 14.0. The van der Waals surface area contributed by atoms with Gasteiger partial charge in [-0.2, -0.15) is 4.31 Å². The largest absolute Gasteiger partial charge is 0.359 e. The number of nitrogens with one attached hydrogen (secondary N) is 2. The summed E-state index contributed by atoms with van der Waals surface area (Å²) in [4.78, 5) is 4.94. The fourth-order valence-electron chi connectivity index (χ4n) is 3.43. The van der Waals surface area contributed by atoms with Gasteiger partial charge in [-0.1, -0.05) is 37.6 Å². The van der Waals surface area contributed by atoms with Crippen molar-refractivity contribution in [2.45, 2.75) is 63.9 Å². The first-order valence-corrected chi connectivity index (χ1v) is 12.4. The predicted molar refractivity (Wildman–Crippen MR) is 137 cm³/mol. The topological polar surface area (TPSA) is 99.8 Å². The van der Waals surface area contributed by atoms with Gasteiger partial charge in [0.1, 0.15) is 0 Å². The third kappa shape index (κ3) is 7.17. The van der Waals surface area contributed by atoms with Gasteiger partial charge in [-0.3, -0.25) is 0 Å². The highest BCUT2D eigenvalue weighted by Gasteiger charge is 2.25. The number of nitrogens with zero attached hydrogens (tertiary/aromatic N) is 3. The lowest BCUT2D eigenvalue weighted by Gasteiger charge is -2.26. The summed E-state index contributed by atoms with van der Waals surface area (Å²) in [7, 11) is -3.45. The van der Waals surface area contributed by atoms with E-state index in [0.717, 1.165) is 36.3 Å². The molecule has 2 heterocycles. The van der Waals surface area contributed by atoms with Crippen LogP contribution in [0, 0.1) is 0 Å². The van der Waals surface area contributed by atoms with Gasteiger partial charge in [0.25, 0.3) is 0 Å². The van der Waals surface area contributed by atoms with Crippen LogP contribution in [0.3, 0.4) is 0 Å². The Morgan fingerprint density at radius 2 is 1.94 bits per heavy atom. The summed E-state index contributed by atoms with van der Waals surface area (Å²) in [5, 5.41) is 10.5. The first-order chi connectivity index (χ1) is 14.9. The molecule has 0 radical (unpaired) electrons. The fourth-order valence-corrected chi connectivity index (χ4v) is 5.01. The average Bonchev–Trinajstić information content (AvgIpc) is 3.26. The molecular weight excluding hydrogens is 541 g/mol. The van der Waals surface area contributed by atoms with Crippen molar-refractivity contribution < 1.29 is 12.9 Å². The molecule has 1 aliphatic rings. The zero-order chi connectivity index (χ0) is 22.3. The highest BCUT2D eigenvalue weighted by Crippen LogP contribution is 2.21. The van der Waals surface area contributed by atoms with Crippen LogP contribution in [0.25, 0.3) is 0 Å². The van der Waals surface area contributed by atoms with E-state index in [-0.39, 0.29) is 24.0 Å². The molecule has 0 atom stereocenters. The van der Waals surface area contributed by atoms with Crippen molar-refractivity contribution in [1.29, 1.82) is 0 Å². The molecule has 0 amide bonds. The van der Waals surface area contributed by atoms with Crippen LogP contribution in [0.15, 0.2) is 44.7 Å². The van der Waals surface area contributed by atoms with E-state index in [0.29, 0.717) is 49.5 Å². The van der Waals surface area contributed by atoms with Crippen LogP contribution in [-0.4, -0.2) is 43.5 Å². The molecule has 10 heteroatoms. The standard InChI is InChI=1S/C22H33N5O3S.HI/c1-4-23-22(25-16-19-14-21(17(2)3)26-30-19)24-15-18-9-8-10-20(13-18)31(28,29)27-11-6-5-7-12-27;/h8-10,13-14,17H,4-7,11-12,15-16H2,1-3H3,(H2,23,24,25);1H. The fraction of sp³-hybridized carbons (Fsp3) is 0.545. The Bertz CT molecular complexity index is 985. The highest BCUT2D eigenvalue weighted by atomic mass is 127. The molecule has 0 bridgehead atoms. The van der Waals surface area contributed by atoms with E-state index in [2.05, 4.69) is 34.6 Å². The van der Waals surface area contributed by atoms with Gasteiger partial charge in [0, 0.05) is 25.7 Å². The molecule has 0 aliphatic carbocycles. The zero-order valence-corrected chi connectivity index (χ0v) is 22.2. The normalized spacial score (nSPS) is 15.4. The number of guanidine groups is 1. The van der Waals surface area contributed by atoms with Gasteiger partial charge in [-0.15, -0.1) is 24.0 Å². The number of aliphatic imine (C=N–C) groups is 1. The third-order valence-electron chi connectivity index (χ3n) is 5.21. The molecule has 0 spiro atoms. The SMILES string of the molecule is CCNC(=NCc1cccc(S(=O)(=O)N2CCCCC2)c1)NCc1cc(C(C)C)no1.I. The van der Waals surface area contributed by atoms with Gasteiger partial charge in [-0.25, -0.2) is 13.4 Å². The van der Waals surface area contributed by atoms with E-state index in [4.69, 9.17) is 4.52 Å². The van der Waals surface area contributed by atoms with Gasteiger partial charge in [0.2, 0.25) is 10.0 Å². The van der Waals surface area contributed by atoms with Crippen molar-refractivity contribution in [2.75, 3.05) is 19.6 Å². The molecule has 32 heavy (non-hydrogen) atoms. The van der Waals surface area contributed by atoms with E-state index >= 15 is 0 Å². The Morgan fingerprint density at radius 1 is 1.19 bits per heavy atom. The van der Waals surface area contributed by atoms with Crippen LogP contribution < -0.4 is 10.6 Å². The number of halogens is 1. The van der Waals surface area contributed by atoms with Crippen LogP contribution in [0.2, 0.25) is 0 Å². The van der Waals surface area contributed by atoms with Crippen LogP contribution in [0.4, 0.5) is 0 Å². The molecule has 1 aromatic carbocycles. The number of piperidine rings is 1. The van der Waals surface area contributed by atoms with Crippen molar-refractivity contribution >= 4 is 40.0 Å². The molecule has 1 fully saturated rings. The number of hydrogen-bond donors (Lipinski definition) is 2. The summed E-state index contributed by atoms with van der Waals surface area (Å²) in [6, 6.07) is 9.01. The lowest BCUT2D eigenvalue weighted by Crippen LogP contribution is -2.36. The van der Waals surface area contributed by atoms with Crippen molar-refractivity contribution in [3.63, 3.8) is 0 Å². The van der Waals surface area contributed by atoms with Gasteiger partial charge in [-0.05, 0) is 43.4 Å². The molecule has 0 unspecified atom stereocenters. The lowest BCUT2D eigenvalue weighted by molar-refractivity contribution is 0.346. The first-order valence-electron chi connectivity index (χ1n) is 11.0. The average molecular weight is 576 g/mol.